The number of carboxylic acids is 2. The summed E-state index contributed by atoms with van der Waals surface area (Å²) >= 11 is 0. The molecule has 7 heteroatoms. The molecule has 0 heterocycles. The van der Waals surface area contributed by atoms with Gasteiger partial charge in [0.2, 0.25) is 0 Å². The molecule has 0 radical (unpaired) electrons. The molecule has 43 heavy (non-hydrogen) atoms. The maximum Gasteiger partial charge on any atom is 0.335 e. The number of aromatic carboxylic acids is 1. The van der Waals surface area contributed by atoms with Crippen LogP contribution in [0.3, 0.4) is 0 Å². The second kappa shape index (κ2) is 17.7. The maximum atomic E-state index is 11.2. The van der Waals surface area contributed by atoms with Crippen LogP contribution in [0, 0.1) is 0 Å². The van der Waals surface area contributed by atoms with Crippen LogP contribution in [0.15, 0.2) is 103 Å². The molecule has 0 saturated heterocycles. The molecule has 4 rings (SSSR count). The molecule has 0 atom stereocenters. The number of para-hydroxylation sites is 1. The second-order valence-electron chi connectivity index (χ2n) is 10.6. The van der Waals surface area contributed by atoms with E-state index in [1.165, 1.54) is 11.1 Å². The Labute approximate surface area is 260 Å². The Kier molecular flexibility index (Phi) is 13.8. The zero-order valence-corrected chi connectivity index (χ0v) is 25.2. The van der Waals surface area contributed by atoms with E-state index >= 15 is 0 Å². The minimum Gasteiger partial charge on any atom is -0.489 e. The Morgan fingerprint density at radius 1 is 0.628 bits per heavy atom. The van der Waals surface area contributed by atoms with Gasteiger partial charge < -0.3 is 14.9 Å². The van der Waals surface area contributed by atoms with Crippen molar-refractivity contribution < 1.29 is 24.5 Å². The van der Waals surface area contributed by atoms with Crippen molar-refractivity contribution in [3.63, 3.8) is 0 Å². The van der Waals surface area contributed by atoms with Gasteiger partial charge in [-0.2, -0.15) is 0 Å². The zero-order valence-electron chi connectivity index (χ0n) is 24.4. The van der Waals surface area contributed by atoms with Gasteiger partial charge in [0, 0.05) is 19.5 Å². The van der Waals surface area contributed by atoms with Crippen molar-refractivity contribution in [2.45, 2.75) is 51.7 Å². The number of hydrogen-bond donors (Lipinski definition) is 2. The molecule has 0 aromatic heterocycles. The van der Waals surface area contributed by atoms with Gasteiger partial charge in [0.1, 0.15) is 12.4 Å². The topological polar surface area (TPSA) is 87.1 Å². The summed E-state index contributed by atoms with van der Waals surface area (Å²) in [5, 5.41) is 18.2. The summed E-state index contributed by atoms with van der Waals surface area (Å²) in [7, 11) is 0. The molecule has 0 spiro atoms. The van der Waals surface area contributed by atoms with Crippen LogP contribution in [0.4, 0.5) is 0 Å². The molecule has 0 unspecified atom stereocenters. The van der Waals surface area contributed by atoms with Crippen LogP contribution in [-0.4, -0.2) is 40.1 Å². The maximum absolute atomic E-state index is 11.2. The van der Waals surface area contributed by atoms with Crippen LogP contribution in [-0.2, 0) is 37.2 Å². The zero-order chi connectivity index (χ0) is 29.6. The Balaban J connectivity index is 0.00000506. The van der Waals surface area contributed by atoms with Crippen molar-refractivity contribution in [3.8, 4) is 5.75 Å². The third-order valence-corrected chi connectivity index (χ3v) is 7.35. The quantitative estimate of drug-likeness (QED) is 0.122. The monoisotopic (exact) mass is 601 g/mol. The first-order valence-corrected chi connectivity index (χ1v) is 14.5. The van der Waals surface area contributed by atoms with E-state index in [4.69, 9.17) is 9.84 Å². The van der Waals surface area contributed by atoms with Crippen molar-refractivity contribution in [3.05, 3.63) is 137 Å². The summed E-state index contributed by atoms with van der Waals surface area (Å²) in [6, 6.07) is 34.2. The number of unbranched alkanes of at least 4 members (excludes halogenated alkanes) is 1. The van der Waals surface area contributed by atoms with Crippen molar-refractivity contribution in [2.24, 2.45) is 0 Å². The highest BCUT2D eigenvalue weighted by Crippen LogP contribution is 2.21. The Morgan fingerprint density at radius 2 is 1.23 bits per heavy atom. The highest BCUT2D eigenvalue weighted by atomic mass is 35.5. The predicted molar refractivity (Wildman–Crippen MR) is 172 cm³/mol. The minimum absolute atomic E-state index is 0. The van der Waals surface area contributed by atoms with Gasteiger partial charge in [-0.3, -0.25) is 9.69 Å². The van der Waals surface area contributed by atoms with Gasteiger partial charge in [-0.1, -0.05) is 84.9 Å². The first-order valence-electron chi connectivity index (χ1n) is 14.5. The summed E-state index contributed by atoms with van der Waals surface area (Å²) in [6.45, 7) is 2.68. The van der Waals surface area contributed by atoms with Crippen LogP contribution in [0.2, 0.25) is 0 Å². The van der Waals surface area contributed by atoms with Crippen molar-refractivity contribution >= 4 is 24.3 Å². The molecule has 2 N–H and O–H groups in total. The first kappa shape index (κ1) is 33.4. The van der Waals surface area contributed by atoms with Gasteiger partial charge >= 0.3 is 11.9 Å². The molecular formula is C36H40ClNO5. The van der Waals surface area contributed by atoms with E-state index in [9.17, 15) is 14.7 Å². The predicted octanol–water partition coefficient (Wildman–Crippen LogP) is 7.47. The van der Waals surface area contributed by atoms with Gasteiger partial charge in [-0.05, 0) is 84.7 Å². The van der Waals surface area contributed by atoms with Crippen molar-refractivity contribution in [1.82, 2.24) is 4.90 Å². The normalized spacial score (nSPS) is 10.7. The van der Waals surface area contributed by atoms with E-state index in [1.807, 2.05) is 36.4 Å². The summed E-state index contributed by atoms with van der Waals surface area (Å²) in [5.74, 6) is -0.858. The van der Waals surface area contributed by atoms with E-state index in [1.54, 1.807) is 12.1 Å². The molecule has 0 saturated carbocycles. The largest absolute Gasteiger partial charge is 0.489 e. The molecule has 226 valence electrons. The highest BCUT2D eigenvalue weighted by Gasteiger charge is 2.11. The molecule has 4 aromatic rings. The fraction of sp³-hybridized carbons (Fsp3) is 0.278. The summed E-state index contributed by atoms with van der Waals surface area (Å²) < 4.78 is 6.26. The number of carboxylic acid groups (broad SMARTS) is 2. The number of ether oxygens (including phenoxy) is 1. The molecule has 0 fully saturated rings. The molecule has 0 aliphatic rings. The Morgan fingerprint density at radius 3 is 1.91 bits per heavy atom. The van der Waals surface area contributed by atoms with E-state index in [0.717, 1.165) is 61.2 Å². The number of nitrogens with zero attached hydrogens (tertiary/aromatic N) is 1. The fourth-order valence-corrected chi connectivity index (χ4v) is 4.92. The number of aliphatic carboxylic acids is 1. The summed E-state index contributed by atoms with van der Waals surface area (Å²) in [5.41, 5.74) is 6.18. The van der Waals surface area contributed by atoms with E-state index < -0.39 is 11.9 Å². The standard InChI is InChI=1S/C36H39NO5.ClH/c38-35(39)12-6-7-24-37(26-30-19-21-33(22-20-30)36(40)41)25-23-32-10-4-5-11-34(32)42-27-31-17-15-29(16-18-31)14-13-28-8-2-1-3-9-28;/h1-5,8-11,15-22H,6-7,12-14,23-27H2,(H,38,39)(H,40,41);1H. The van der Waals surface area contributed by atoms with Crippen LogP contribution in [0.25, 0.3) is 0 Å². The molecule has 0 amide bonds. The van der Waals surface area contributed by atoms with Gasteiger partial charge in [0.25, 0.3) is 0 Å². The fourth-order valence-electron chi connectivity index (χ4n) is 4.92. The van der Waals surface area contributed by atoms with Crippen molar-refractivity contribution in [2.75, 3.05) is 13.1 Å². The van der Waals surface area contributed by atoms with E-state index in [0.29, 0.717) is 19.6 Å². The average molecular weight is 602 g/mol. The van der Waals surface area contributed by atoms with Gasteiger partial charge in [0.15, 0.2) is 0 Å². The average Bonchev–Trinajstić information content (AvgIpc) is 3.01. The first-order chi connectivity index (χ1) is 20.5. The van der Waals surface area contributed by atoms with Crippen LogP contribution < -0.4 is 4.74 Å². The van der Waals surface area contributed by atoms with Gasteiger partial charge in [-0.25, -0.2) is 4.79 Å². The van der Waals surface area contributed by atoms with Crippen LogP contribution in [0.5, 0.6) is 5.75 Å². The lowest BCUT2D eigenvalue weighted by Crippen LogP contribution is -2.27. The number of hydrogen-bond acceptors (Lipinski definition) is 4. The SMILES string of the molecule is Cl.O=C(O)CCCCN(CCc1ccccc1OCc1ccc(CCc2ccccc2)cc1)Cc1ccc(C(=O)O)cc1. The van der Waals surface area contributed by atoms with Crippen LogP contribution in [0.1, 0.15) is 57.4 Å². The molecule has 0 bridgehead atoms. The number of benzene rings is 4. The second-order valence-corrected chi connectivity index (χ2v) is 10.6. The summed E-state index contributed by atoms with van der Waals surface area (Å²) in [6.07, 6.45) is 4.36. The molecule has 4 aromatic carbocycles. The molecule has 0 aliphatic carbocycles. The lowest BCUT2D eigenvalue weighted by molar-refractivity contribution is -0.137. The lowest BCUT2D eigenvalue weighted by atomic mass is 10.0. The van der Waals surface area contributed by atoms with Crippen LogP contribution >= 0.6 is 12.4 Å². The lowest BCUT2D eigenvalue weighted by Gasteiger charge is -2.23. The minimum atomic E-state index is -0.942. The number of carbonyl (C=O) groups is 2. The third kappa shape index (κ3) is 11.6. The molecule has 6 nitrogen and oxygen atoms in total. The van der Waals surface area contributed by atoms with Gasteiger partial charge in [-0.15, -0.1) is 12.4 Å². The third-order valence-electron chi connectivity index (χ3n) is 7.35. The van der Waals surface area contributed by atoms with Gasteiger partial charge in [0.05, 0.1) is 5.56 Å². The van der Waals surface area contributed by atoms with E-state index in [2.05, 4.69) is 59.5 Å². The summed E-state index contributed by atoms with van der Waals surface area (Å²) in [4.78, 5) is 24.5. The number of rotatable bonds is 17. The highest BCUT2D eigenvalue weighted by molar-refractivity contribution is 5.87. The molecular weight excluding hydrogens is 562 g/mol. The number of halogens is 1. The van der Waals surface area contributed by atoms with E-state index in [-0.39, 0.29) is 24.4 Å². The number of aryl methyl sites for hydroxylation is 2. The molecule has 0 aliphatic heterocycles. The Hall–Kier alpha value is -4.13. The smallest absolute Gasteiger partial charge is 0.335 e. The Bertz CT molecular complexity index is 1410. The van der Waals surface area contributed by atoms with Crippen molar-refractivity contribution in [1.29, 1.82) is 0 Å².